The monoisotopic (exact) mass is 267 g/mol. The van der Waals surface area contributed by atoms with Crippen molar-refractivity contribution < 1.29 is 0 Å². The molecule has 1 heterocycles. The van der Waals surface area contributed by atoms with Crippen LogP contribution in [0.5, 0.6) is 0 Å². The molecule has 1 aliphatic rings. The van der Waals surface area contributed by atoms with Crippen molar-refractivity contribution in [2.24, 2.45) is 0 Å². The van der Waals surface area contributed by atoms with Crippen LogP contribution >= 0.6 is 11.6 Å². The quantitative estimate of drug-likeness (QED) is 0.666. The summed E-state index contributed by atoms with van der Waals surface area (Å²) in [5.74, 6) is 1.33. The Morgan fingerprint density at radius 1 is 1.22 bits per heavy atom. The summed E-state index contributed by atoms with van der Waals surface area (Å²) in [6, 6.07) is 2.38. The van der Waals surface area contributed by atoms with Gasteiger partial charge in [-0.25, -0.2) is 9.97 Å². The molecule has 1 fully saturated rings. The molecule has 4 heteroatoms. The van der Waals surface area contributed by atoms with Crippen LogP contribution in [0, 0.1) is 0 Å². The van der Waals surface area contributed by atoms with Gasteiger partial charge in [-0.05, 0) is 18.8 Å². The molecule has 1 aromatic heterocycles. The third kappa shape index (κ3) is 3.58. The molecule has 3 nitrogen and oxygen atoms in total. The first-order valence-corrected chi connectivity index (χ1v) is 7.33. The highest BCUT2D eigenvalue weighted by atomic mass is 35.5. The van der Waals surface area contributed by atoms with E-state index in [-0.39, 0.29) is 5.38 Å². The molecule has 0 bridgehead atoms. The lowest BCUT2D eigenvalue weighted by Gasteiger charge is -2.22. The first kappa shape index (κ1) is 13.6. The van der Waals surface area contributed by atoms with Gasteiger partial charge in [0.2, 0.25) is 0 Å². The van der Waals surface area contributed by atoms with Crippen molar-refractivity contribution in [3.63, 3.8) is 0 Å². The minimum absolute atomic E-state index is 0.213. The Labute approximate surface area is 114 Å². The summed E-state index contributed by atoms with van der Waals surface area (Å²) in [6.45, 7) is 4.28. The lowest BCUT2D eigenvalue weighted by atomic mass is 10.1. The van der Waals surface area contributed by atoms with Crippen LogP contribution < -0.4 is 5.32 Å². The number of nitrogens with one attached hydrogen (secondary N) is 1. The van der Waals surface area contributed by atoms with E-state index in [2.05, 4.69) is 29.1 Å². The Bertz CT molecular complexity index is 381. The average molecular weight is 268 g/mol. The Kier molecular flexibility index (Phi) is 4.81. The highest BCUT2D eigenvalue weighted by Gasteiger charge is 2.21. The summed E-state index contributed by atoms with van der Waals surface area (Å²) in [6.07, 6.45) is 7.66. The Morgan fingerprint density at radius 2 is 2.00 bits per heavy atom. The van der Waals surface area contributed by atoms with E-state index in [1.165, 1.54) is 19.3 Å². The number of rotatable bonds is 3. The van der Waals surface area contributed by atoms with Gasteiger partial charge in [0.25, 0.3) is 0 Å². The van der Waals surface area contributed by atoms with E-state index in [0.717, 1.165) is 24.4 Å². The second kappa shape index (κ2) is 6.37. The number of aromatic nitrogens is 2. The normalized spacial score (nSPS) is 24.9. The highest BCUT2D eigenvalue weighted by Crippen LogP contribution is 2.25. The molecule has 0 aromatic carbocycles. The average Bonchev–Trinajstić information content (AvgIpc) is 2.55. The predicted octanol–water partition coefficient (Wildman–Crippen LogP) is 3.95. The maximum atomic E-state index is 6.43. The molecule has 1 aliphatic carbocycles. The Morgan fingerprint density at radius 3 is 2.78 bits per heavy atom. The van der Waals surface area contributed by atoms with Crippen molar-refractivity contribution in [1.29, 1.82) is 0 Å². The predicted molar refractivity (Wildman–Crippen MR) is 76.3 cm³/mol. The number of alkyl halides is 1. The smallest absolute Gasteiger partial charge is 0.129 e. The molecule has 0 radical (unpaired) electrons. The summed E-state index contributed by atoms with van der Waals surface area (Å²) >= 11 is 6.43. The molecule has 0 saturated heterocycles. The summed E-state index contributed by atoms with van der Waals surface area (Å²) in [5, 5.41) is 3.70. The van der Waals surface area contributed by atoms with Crippen molar-refractivity contribution in [2.75, 3.05) is 5.32 Å². The van der Waals surface area contributed by atoms with Crippen LogP contribution in [0.4, 0.5) is 5.82 Å². The van der Waals surface area contributed by atoms with Gasteiger partial charge in [-0.2, -0.15) is 0 Å². The Hall–Kier alpha value is -0.830. The van der Waals surface area contributed by atoms with E-state index in [1.54, 1.807) is 6.33 Å². The molecule has 18 heavy (non-hydrogen) atoms. The number of nitrogens with zero attached hydrogens (tertiary/aromatic N) is 2. The van der Waals surface area contributed by atoms with Crippen LogP contribution in [0.25, 0.3) is 0 Å². The fourth-order valence-corrected chi connectivity index (χ4v) is 2.73. The molecule has 1 aromatic rings. The van der Waals surface area contributed by atoms with Crippen molar-refractivity contribution in [2.45, 2.75) is 63.3 Å². The van der Waals surface area contributed by atoms with Crippen molar-refractivity contribution in [3.05, 3.63) is 18.1 Å². The number of halogens is 1. The van der Waals surface area contributed by atoms with Gasteiger partial charge in [0.15, 0.2) is 0 Å². The van der Waals surface area contributed by atoms with E-state index in [1.807, 2.05) is 6.07 Å². The fourth-order valence-electron chi connectivity index (χ4n) is 2.38. The van der Waals surface area contributed by atoms with Gasteiger partial charge in [0, 0.05) is 17.8 Å². The molecule has 0 spiro atoms. The molecule has 0 amide bonds. The van der Waals surface area contributed by atoms with Gasteiger partial charge < -0.3 is 5.32 Å². The van der Waals surface area contributed by atoms with Crippen molar-refractivity contribution in [1.82, 2.24) is 9.97 Å². The lowest BCUT2D eigenvalue weighted by Crippen LogP contribution is -2.29. The van der Waals surface area contributed by atoms with E-state index < -0.39 is 0 Å². The highest BCUT2D eigenvalue weighted by molar-refractivity contribution is 6.21. The van der Waals surface area contributed by atoms with Gasteiger partial charge in [-0.3, -0.25) is 0 Å². The SMILES string of the molecule is CC(C)c1cc(NC2CCCCCC2Cl)ncn1. The van der Waals surface area contributed by atoms with Gasteiger partial charge in [0.05, 0.1) is 5.38 Å². The molecular formula is C14H22ClN3. The second-order valence-electron chi connectivity index (χ2n) is 5.39. The van der Waals surface area contributed by atoms with Gasteiger partial charge in [-0.1, -0.05) is 33.1 Å². The number of hydrogen-bond acceptors (Lipinski definition) is 3. The molecule has 100 valence electrons. The van der Waals surface area contributed by atoms with Crippen LogP contribution in [-0.4, -0.2) is 21.4 Å². The zero-order valence-electron chi connectivity index (χ0n) is 11.2. The zero-order chi connectivity index (χ0) is 13.0. The topological polar surface area (TPSA) is 37.8 Å². The maximum Gasteiger partial charge on any atom is 0.129 e. The van der Waals surface area contributed by atoms with Crippen LogP contribution in [0.15, 0.2) is 12.4 Å². The third-order valence-electron chi connectivity index (χ3n) is 3.54. The summed E-state index contributed by atoms with van der Waals surface area (Å²) in [4.78, 5) is 8.59. The minimum Gasteiger partial charge on any atom is -0.366 e. The summed E-state index contributed by atoms with van der Waals surface area (Å²) in [7, 11) is 0. The van der Waals surface area contributed by atoms with E-state index in [9.17, 15) is 0 Å². The number of anilines is 1. The molecular weight excluding hydrogens is 246 g/mol. The summed E-state index contributed by atoms with van der Waals surface area (Å²) < 4.78 is 0. The van der Waals surface area contributed by atoms with E-state index in [4.69, 9.17) is 11.6 Å². The lowest BCUT2D eigenvalue weighted by molar-refractivity contribution is 0.624. The van der Waals surface area contributed by atoms with Gasteiger partial charge in [0.1, 0.15) is 12.1 Å². The van der Waals surface area contributed by atoms with Crippen molar-refractivity contribution >= 4 is 17.4 Å². The fraction of sp³-hybridized carbons (Fsp3) is 0.714. The van der Waals surface area contributed by atoms with Crippen LogP contribution in [0.3, 0.4) is 0 Å². The standard InChI is InChI=1S/C14H22ClN3/c1-10(2)13-8-14(17-9-16-13)18-12-7-5-3-4-6-11(12)15/h8-12H,3-7H2,1-2H3,(H,16,17,18). The minimum atomic E-state index is 0.213. The van der Waals surface area contributed by atoms with E-state index >= 15 is 0 Å². The second-order valence-corrected chi connectivity index (χ2v) is 5.95. The molecule has 2 unspecified atom stereocenters. The number of hydrogen-bond donors (Lipinski definition) is 1. The molecule has 1 saturated carbocycles. The van der Waals surface area contributed by atoms with Crippen LogP contribution in [0.1, 0.15) is 57.6 Å². The van der Waals surface area contributed by atoms with Crippen molar-refractivity contribution in [3.8, 4) is 0 Å². The van der Waals surface area contributed by atoms with Crippen LogP contribution in [-0.2, 0) is 0 Å². The first-order valence-electron chi connectivity index (χ1n) is 6.89. The third-order valence-corrected chi connectivity index (χ3v) is 4.07. The van der Waals surface area contributed by atoms with Gasteiger partial charge in [-0.15, -0.1) is 11.6 Å². The molecule has 0 aliphatic heterocycles. The molecule has 1 N–H and O–H groups in total. The van der Waals surface area contributed by atoms with E-state index in [0.29, 0.717) is 12.0 Å². The first-order chi connectivity index (χ1) is 8.66. The zero-order valence-corrected chi connectivity index (χ0v) is 12.0. The van der Waals surface area contributed by atoms with Gasteiger partial charge >= 0.3 is 0 Å². The Balaban J connectivity index is 2.05. The summed E-state index contributed by atoms with van der Waals surface area (Å²) in [5.41, 5.74) is 1.08. The molecule has 2 atom stereocenters. The maximum absolute atomic E-state index is 6.43. The molecule has 2 rings (SSSR count). The van der Waals surface area contributed by atoms with Crippen LogP contribution in [0.2, 0.25) is 0 Å². The largest absolute Gasteiger partial charge is 0.366 e.